The van der Waals surface area contributed by atoms with Crippen molar-refractivity contribution < 1.29 is 14.5 Å². The monoisotopic (exact) mass is 380 g/mol. The molecule has 3 heterocycles. The fraction of sp³-hybridized carbons (Fsp3) is 0.765. The van der Waals surface area contributed by atoms with Crippen LogP contribution in [0.5, 0.6) is 0 Å². The van der Waals surface area contributed by atoms with Gasteiger partial charge >= 0.3 is 11.8 Å². The Kier molecular flexibility index (Phi) is 5.27. The predicted molar refractivity (Wildman–Crippen MR) is 99.9 cm³/mol. The van der Waals surface area contributed by atoms with Gasteiger partial charge in [0.25, 0.3) is 0 Å². The lowest BCUT2D eigenvalue weighted by Crippen LogP contribution is -2.62. The van der Waals surface area contributed by atoms with Crippen molar-refractivity contribution in [1.82, 2.24) is 19.6 Å². The molecule has 0 bridgehead atoms. The number of aromatic nitrogens is 2. The Hall–Kier alpha value is -2.36. The first-order valence-corrected chi connectivity index (χ1v) is 9.29. The molecule has 0 aromatic carbocycles. The Morgan fingerprint density at radius 3 is 2.59 bits per heavy atom. The van der Waals surface area contributed by atoms with E-state index in [0.717, 1.165) is 26.1 Å². The van der Waals surface area contributed by atoms with Crippen molar-refractivity contribution in [3.05, 3.63) is 16.3 Å². The fourth-order valence-corrected chi connectivity index (χ4v) is 3.59. The number of hydrogen-bond donors (Lipinski definition) is 0. The summed E-state index contributed by atoms with van der Waals surface area (Å²) < 4.78 is 6.97. The van der Waals surface area contributed by atoms with Crippen molar-refractivity contribution in [1.29, 1.82) is 0 Å². The van der Waals surface area contributed by atoms with Gasteiger partial charge in [-0.2, -0.15) is 5.10 Å². The first kappa shape index (κ1) is 19.4. The van der Waals surface area contributed by atoms with Gasteiger partial charge in [-0.25, -0.2) is 9.48 Å². The van der Waals surface area contributed by atoms with Crippen molar-refractivity contribution in [2.45, 2.75) is 38.8 Å². The molecule has 0 saturated carbocycles. The van der Waals surface area contributed by atoms with Crippen molar-refractivity contribution in [3.63, 3.8) is 0 Å². The van der Waals surface area contributed by atoms with Crippen LogP contribution in [0.1, 0.15) is 27.2 Å². The molecule has 2 aliphatic heterocycles. The van der Waals surface area contributed by atoms with E-state index in [1.165, 1.54) is 6.20 Å². The molecule has 2 saturated heterocycles. The molecule has 0 unspecified atom stereocenters. The highest BCUT2D eigenvalue weighted by atomic mass is 16.6. The van der Waals surface area contributed by atoms with E-state index in [2.05, 4.69) is 10.00 Å². The topological polar surface area (TPSA) is 97.0 Å². The summed E-state index contributed by atoms with van der Waals surface area (Å²) in [6.07, 6.45) is 1.95. The maximum atomic E-state index is 12.1. The van der Waals surface area contributed by atoms with Crippen LogP contribution < -0.4 is 4.90 Å². The molecule has 2 fully saturated rings. The van der Waals surface area contributed by atoms with Gasteiger partial charge in [-0.3, -0.25) is 15.0 Å². The van der Waals surface area contributed by atoms with Crippen molar-refractivity contribution in [2.75, 3.05) is 44.2 Å². The number of carbonyl (C=O) groups is 1. The standard InChI is InChI=1S/C17H28N6O4/c1-17(2,3)27-16(24)22-11-13(12-22)20-6-5-7-21(9-8-20)15-14(23(25)26)10-18-19(15)4/h10,13H,5-9,11-12H2,1-4H3. The molecular weight excluding hydrogens is 352 g/mol. The van der Waals surface area contributed by atoms with Gasteiger partial charge in [-0.1, -0.05) is 0 Å². The Labute approximate surface area is 158 Å². The number of amides is 1. The molecule has 150 valence electrons. The lowest BCUT2D eigenvalue weighted by atomic mass is 10.1. The third-order valence-electron chi connectivity index (χ3n) is 4.95. The molecule has 0 atom stereocenters. The third-order valence-corrected chi connectivity index (χ3v) is 4.95. The Balaban J connectivity index is 1.55. The molecule has 0 N–H and O–H groups in total. The molecule has 1 amide bonds. The summed E-state index contributed by atoms with van der Waals surface area (Å²) in [5.41, 5.74) is -0.436. The first-order valence-electron chi connectivity index (χ1n) is 9.29. The van der Waals surface area contributed by atoms with E-state index in [4.69, 9.17) is 4.74 Å². The first-order chi connectivity index (χ1) is 12.7. The van der Waals surface area contributed by atoms with Gasteiger partial charge in [-0.15, -0.1) is 0 Å². The smallest absolute Gasteiger partial charge is 0.410 e. The van der Waals surface area contributed by atoms with E-state index in [0.29, 0.717) is 31.5 Å². The minimum Gasteiger partial charge on any atom is -0.444 e. The van der Waals surface area contributed by atoms with E-state index in [9.17, 15) is 14.9 Å². The zero-order chi connectivity index (χ0) is 19.8. The van der Waals surface area contributed by atoms with Crippen LogP contribution in [0.2, 0.25) is 0 Å². The van der Waals surface area contributed by atoms with Crippen LogP contribution in [0.15, 0.2) is 6.20 Å². The molecular formula is C17H28N6O4. The molecule has 10 nitrogen and oxygen atoms in total. The summed E-state index contributed by atoms with van der Waals surface area (Å²) in [6, 6.07) is 0.319. The summed E-state index contributed by atoms with van der Waals surface area (Å²) >= 11 is 0. The quantitative estimate of drug-likeness (QED) is 0.578. The number of rotatable bonds is 3. The van der Waals surface area contributed by atoms with Gasteiger partial charge in [0, 0.05) is 52.4 Å². The summed E-state index contributed by atoms with van der Waals surface area (Å²) in [6.45, 7) is 10.1. The molecule has 1 aromatic heterocycles. The van der Waals surface area contributed by atoms with Gasteiger partial charge in [0.1, 0.15) is 11.8 Å². The van der Waals surface area contributed by atoms with E-state index in [1.54, 1.807) is 16.6 Å². The second-order valence-electron chi connectivity index (χ2n) is 8.15. The number of likely N-dealkylation sites (tertiary alicyclic amines) is 1. The Morgan fingerprint density at radius 1 is 1.26 bits per heavy atom. The summed E-state index contributed by atoms with van der Waals surface area (Å²) in [5.74, 6) is 0.561. The van der Waals surface area contributed by atoms with Gasteiger partial charge in [-0.05, 0) is 27.2 Å². The van der Waals surface area contributed by atoms with Gasteiger partial charge < -0.3 is 14.5 Å². The average molecular weight is 380 g/mol. The maximum absolute atomic E-state index is 12.1. The minimum absolute atomic E-state index is 0.0469. The minimum atomic E-state index is -0.483. The van der Waals surface area contributed by atoms with Crippen molar-refractivity contribution in [2.24, 2.45) is 7.05 Å². The van der Waals surface area contributed by atoms with Gasteiger partial charge in [0.2, 0.25) is 5.82 Å². The van der Waals surface area contributed by atoms with E-state index in [-0.39, 0.29) is 16.7 Å². The summed E-state index contributed by atoms with van der Waals surface area (Å²) in [4.78, 5) is 29.1. The molecule has 0 radical (unpaired) electrons. The number of carbonyl (C=O) groups excluding carboxylic acids is 1. The predicted octanol–water partition coefficient (Wildman–Crippen LogP) is 1.46. The van der Waals surface area contributed by atoms with Crippen LogP contribution >= 0.6 is 0 Å². The van der Waals surface area contributed by atoms with E-state index < -0.39 is 5.60 Å². The Morgan fingerprint density at radius 2 is 1.96 bits per heavy atom. The maximum Gasteiger partial charge on any atom is 0.410 e. The zero-order valence-electron chi connectivity index (χ0n) is 16.4. The number of hydrogen-bond acceptors (Lipinski definition) is 7. The van der Waals surface area contributed by atoms with Crippen LogP contribution in [-0.4, -0.2) is 81.5 Å². The lowest BCUT2D eigenvalue weighted by molar-refractivity contribution is -0.384. The molecule has 1 aromatic rings. The Bertz CT molecular complexity index is 707. The van der Waals surface area contributed by atoms with Crippen LogP contribution in [0.4, 0.5) is 16.3 Å². The van der Waals surface area contributed by atoms with E-state index >= 15 is 0 Å². The van der Waals surface area contributed by atoms with Crippen molar-refractivity contribution in [3.8, 4) is 0 Å². The zero-order valence-corrected chi connectivity index (χ0v) is 16.4. The second-order valence-corrected chi connectivity index (χ2v) is 8.15. The van der Waals surface area contributed by atoms with Crippen LogP contribution in [0.25, 0.3) is 0 Å². The number of aryl methyl sites for hydroxylation is 1. The SMILES string of the molecule is Cn1ncc([N+](=O)[O-])c1N1CCCN(C2CN(C(=O)OC(C)(C)C)C2)CC1. The largest absolute Gasteiger partial charge is 0.444 e. The van der Waals surface area contributed by atoms with E-state index in [1.807, 2.05) is 25.7 Å². The molecule has 10 heteroatoms. The second kappa shape index (κ2) is 7.34. The molecule has 0 aliphatic carbocycles. The highest BCUT2D eigenvalue weighted by Gasteiger charge is 2.38. The molecule has 27 heavy (non-hydrogen) atoms. The third kappa shape index (κ3) is 4.32. The number of nitrogens with zero attached hydrogens (tertiary/aromatic N) is 6. The molecule has 2 aliphatic rings. The van der Waals surface area contributed by atoms with Crippen LogP contribution in [0, 0.1) is 10.1 Å². The van der Waals surface area contributed by atoms with Crippen LogP contribution in [0.3, 0.4) is 0 Å². The van der Waals surface area contributed by atoms with Crippen LogP contribution in [-0.2, 0) is 11.8 Å². The van der Waals surface area contributed by atoms with Gasteiger partial charge in [0.15, 0.2) is 0 Å². The highest BCUT2D eigenvalue weighted by molar-refractivity contribution is 5.69. The normalized spacial score (nSPS) is 19.6. The fourth-order valence-electron chi connectivity index (χ4n) is 3.59. The summed E-state index contributed by atoms with van der Waals surface area (Å²) in [7, 11) is 1.73. The molecule has 3 rings (SSSR count). The highest BCUT2D eigenvalue weighted by Crippen LogP contribution is 2.28. The number of nitro groups is 1. The lowest BCUT2D eigenvalue weighted by Gasteiger charge is -2.45. The number of anilines is 1. The average Bonchev–Trinajstić information content (AvgIpc) is 2.73. The van der Waals surface area contributed by atoms with Gasteiger partial charge in [0.05, 0.1) is 4.92 Å². The summed E-state index contributed by atoms with van der Waals surface area (Å²) in [5, 5.41) is 15.3. The van der Waals surface area contributed by atoms with Crippen molar-refractivity contribution >= 4 is 17.6 Å². The number of ether oxygens (including phenoxy) is 1. The molecule has 0 spiro atoms.